The Labute approximate surface area is 116 Å². The number of carbonyl (C=O) groups is 1. The molecule has 20 heavy (non-hydrogen) atoms. The van der Waals surface area contributed by atoms with Crippen molar-refractivity contribution in [1.82, 2.24) is 10.5 Å². The minimum Gasteiger partial charge on any atom is -0.493 e. The first-order valence-electron chi connectivity index (χ1n) is 6.62. The van der Waals surface area contributed by atoms with Crippen molar-refractivity contribution in [2.75, 3.05) is 6.61 Å². The van der Waals surface area contributed by atoms with Crippen LogP contribution in [0.5, 0.6) is 5.75 Å². The molecule has 0 spiro atoms. The quantitative estimate of drug-likeness (QED) is 0.912. The molecule has 104 valence electrons. The average Bonchev–Trinajstić information content (AvgIpc) is 2.78. The van der Waals surface area contributed by atoms with Gasteiger partial charge in [-0.05, 0) is 19.9 Å². The Morgan fingerprint density at radius 1 is 1.35 bits per heavy atom. The van der Waals surface area contributed by atoms with Gasteiger partial charge in [0.05, 0.1) is 18.3 Å². The van der Waals surface area contributed by atoms with Crippen molar-refractivity contribution >= 4 is 5.91 Å². The molecule has 1 aliphatic heterocycles. The lowest BCUT2D eigenvalue weighted by molar-refractivity contribution is 0.0922. The third-order valence-electron chi connectivity index (χ3n) is 3.52. The normalized spacial score (nSPS) is 17.2. The van der Waals surface area contributed by atoms with Crippen LogP contribution in [0.1, 0.15) is 39.8 Å². The highest BCUT2D eigenvalue weighted by molar-refractivity contribution is 5.96. The first-order chi connectivity index (χ1) is 9.66. The van der Waals surface area contributed by atoms with E-state index in [1.165, 1.54) is 0 Å². The van der Waals surface area contributed by atoms with Crippen LogP contribution in [0.15, 0.2) is 28.8 Å². The molecule has 1 aliphatic rings. The minimum absolute atomic E-state index is 0.0406. The Bertz CT molecular complexity index is 629. The molecule has 0 saturated heterocycles. The Morgan fingerprint density at radius 3 is 2.90 bits per heavy atom. The molecule has 0 bridgehead atoms. The van der Waals surface area contributed by atoms with Crippen molar-refractivity contribution in [3.63, 3.8) is 0 Å². The summed E-state index contributed by atoms with van der Waals surface area (Å²) in [5, 5.41) is 6.85. The number of hydrogen-bond acceptors (Lipinski definition) is 4. The zero-order valence-electron chi connectivity index (χ0n) is 11.5. The highest BCUT2D eigenvalue weighted by Crippen LogP contribution is 2.31. The molecule has 1 aromatic heterocycles. The first-order valence-corrected chi connectivity index (χ1v) is 6.62. The number of fused-ring (bicyclic) bond motifs is 1. The van der Waals surface area contributed by atoms with Gasteiger partial charge in [-0.3, -0.25) is 4.79 Å². The molecule has 1 atom stereocenters. The largest absolute Gasteiger partial charge is 0.493 e. The summed E-state index contributed by atoms with van der Waals surface area (Å²) in [6, 6.07) is 7.73. The molecular weight excluding hydrogens is 256 g/mol. The number of nitrogens with zero attached hydrogens (tertiary/aromatic N) is 1. The highest BCUT2D eigenvalue weighted by atomic mass is 16.5. The minimum atomic E-state index is -0.150. The highest BCUT2D eigenvalue weighted by Gasteiger charge is 2.25. The molecule has 1 amide bonds. The van der Waals surface area contributed by atoms with Crippen LogP contribution < -0.4 is 10.1 Å². The molecule has 2 aromatic rings. The number of ether oxygens (including phenoxy) is 1. The molecular formula is C15H16N2O3. The van der Waals surface area contributed by atoms with Gasteiger partial charge < -0.3 is 14.6 Å². The lowest BCUT2D eigenvalue weighted by Gasteiger charge is -2.26. The van der Waals surface area contributed by atoms with E-state index in [0.717, 1.165) is 17.7 Å². The van der Waals surface area contributed by atoms with E-state index in [1.54, 1.807) is 13.8 Å². The first kappa shape index (κ1) is 12.7. The summed E-state index contributed by atoms with van der Waals surface area (Å²) < 4.78 is 10.6. The molecule has 5 heteroatoms. The average molecular weight is 272 g/mol. The SMILES string of the molecule is Cc1noc(C)c1C(=O)N[C@H]1CCOc2ccccc21. The number of aromatic nitrogens is 1. The second kappa shape index (κ2) is 5.00. The zero-order chi connectivity index (χ0) is 14.1. The van der Waals surface area contributed by atoms with Crippen LogP contribution in [0, 0.1) is 13.8 Å². The van der Waals surface area contributed by atoms with Gasteiger partial charge in [0.1, 0.15) is 17.1 Å². The third kappa shape index (κ3) is 2.15. The van der Waals surface area contributed by atoms with Gasteiger partial charge >= 0.3 is 0 Å². The van der Waals surface area contributed by atoms with Gasteiger partial charge in [-0.2, -0.15) is 0 Å². The van der Waals surface area contributed by atoms with Gasteiger partial charge in [-0.1, -0.05) is 23.4 Å². The van der Waals surface area contributed by atoms with Crippen molar-refractivity contribution in [3.8, 4) is 5.75 Å². The number of carbonyl (C=O) groups excluding carboxylic acids is 1. The van der Waals surface area contributed by atoms with Crippen LogP contribution in [0.2, 0.25) is 0 Å². The van der Waals surface area contributed by atoms with Gasteiger partial charge in [-0.15, -0.1) is 0 Å². The summed E-state index contributed by atoms with van der Waals surface area (Å²) in [6.45, 7) is 4.11. The van der Waals surface area contributed by atoms with Crippen LogP contribution in [0.25, 0.3) is 0 Å². The molecule has 2 heterocycles. The van der Waals surface area contributed by atoms with E-state index in [0.29, 0.717) is 23.6 Å². The maximum atomic E-state index is 12.4. The van der Waals surface area contributed by atoms with Crippen molar-refractivity contribution in [2.24, 2.45) is 0 Å². The summed E-state index contributed by atoms with van der Waals surface area (Å²) in [5.41, 5.74) is 2.15. The summed E-state index contributed by atoms with van der Waals surface area (Å²) in [5.74, 6) is 1.23. The predicted molar refractivity (Wildman–Crippen MR) is 72.7 cm³/mol. The monoisotopic (exact) mass is 272 g/mol. The van der Waals surface area contributed by atoms with Gasteiger partial charge in [0, 0.05) is 12.0 Å². The standard InChI is InChI=1S/C15H16N2O3/c1-9-14(10(2)20-17-9)15(18)16-12-7-8-19-13-6-4-3-5-11(12)13/h3-6,12H,7-8H2,1-2H3,(H,16,18)/t12-/m0/s1. The van der Waals surface area contributed by atoms with E-state index >= 15 is 0 Å². The Balaban J connectivity index is 1.84. The number of hydrogen-bond donors (Lipinski definition) is 1. The fraction of sp³-hybridized carbons (Fsp3) is 0.333. The maximum absolute atomic E-state index is 12.4. The van der Waals surface area contributed by atoms with Gasteiger partial charge in [0.2, 0.25) is 0 Å². The fourth-order valence-corrected chi connectivity index (χ4v) is 2.53. The van der Waals surface area contributed by atoms with Crippen LogP contribution in [-0.2, 0) is 0 Å². The van der Waals surface area contributed by atoms with Crippen LogP contribution in [0.4, 0.5) is 0 Å². The Morgan fingerprint density at radius 2 is 2.15 bits per heavy atom. The molecule has 3 rings (SSSR count). The number of nitrogens with one attached hydrogen (secondary N) is 1. The molecule has 0 radical (unpaired) electrons. The summed E-state index contributed by atoms with van der Waals surface area (Å²) in [6.07, 6.45) is 0.756. The van der Waals surface area contributed by atoms with Crippen molar-refractivity contribution in [1.29, 1.82) is 0 Å². The molecule has 0 unspecified atom stereocenters. The topological polar surface area (TPSA) is 64.4 Å². The van der Waals surface area contributed by atoms with Crippen LogP contribution in [0.3, 0.4) is 0 Å². The van der Waals surface area contributed by atoms with Gasteiger partial charge in [-0.25, -0.2) is 0 Å². The second-order valence-electron chi connectivity index (χ2n) is 4.90. The Kier molecular flexibility index (Phi) is 3.18. The summed E-state index contributed by atoms with van der Waals surface area (Å²) in [7, 11) is 0. The third-order valence-corrected chi connectivity index (χ3v) is 3.52. The molecule has 1 aromatic carbocycles. The maximum Gasteiger partial charge on any atom is 0.257 e. The smallest absolute Gasteiger partial charge is 0.257 e. The van der Waals surface area contributed by atoms with Gasteiger partial charge in [0.25, 0.3) is 5.91 Å². The number of benzene rings is 1. The second-order valence-corrected chi connectivity index (χ2v) is 4.90. The summed E-state index contributed by atoms with van der Waals surface area (Å²) in [4.78, 5) is 12.4. The number of para-hydroxylation sites is 1. The molecule has 0 aliphatic carbocycles. The Hall–Kier alpha value is -2.30. The summed E-state index contributed by atoms with van der Waals surface area (Å²) >= 11 is 0. The van der Waals surface area contributed by atoms with Crippen LogP contribution in [-0.4, -0.2) is 17.7 Å². The van der Waals surface area contributed by atoms with Crippen molar-refractivity contribution in [3.05, 3.63) is 46.8 Å². The molecule has 1 N–H and O–H groups in total. The molecule has 5 nitrogen and oxygen atoms in total. The van der Waals surface area contributed by atoms with E-state index in [1.807, 2.05) is 24.3 Å². The van der Waals surface area contributed by atoms with Crippen molar-refractivity contribution < 1.29 is 14.1 Å². The van der Waals surface area contributed by atoms with E-state index in [4.69, 9.17) is 9.26 Å². The fourth-order valence-electron chi connectivity index (χ4n) is 2.53. The van der Waals surface area contributed by atoms with E-state index < -0.39 is 0 Å². The number of aryl methyl sites for hydroxylation is 2. The number of amides is 1. The molecule has 0 saturated carbocycles. The lowest BCUT2D eigenvalue weighted by Crippen LogP contribution is -2.32. The van der Waals surface area contributed by atoms with E-state index in [9.17, 15) is 4.79 Å². The zero-order valence-corrected chi connectivity index (χ0v) is 11.5. The van der Waals surface area contributed by atoms with Crippen molar-refractivity contribution in [2.45, 2.75) is 26.3 Å². The van der Waals surface area contributed by atoms with Crippen LogP contribution >= 0.6 is 0 Å². The predicted octanol–water partition coefficient (Wildman–Crippen LogP) is 2.55. The molecule has 0 fully saturated rings. The van der Waals surface area contributed by atoms with Gasteiger partial charge in [0.15, 0.2) is 0 Å². The number of rotatable bonds is 2. The van der Waals surface area contributed by atoms with E-state index in [2.05, 4.69) is 10.5 Å². The lowest BCUT2D eigenvalue weighted by atomic mass is 10.00. The van der Waals surface area contributed by atoms with E-state index in [-0.39, 0.29) is 11.9 Å².